The number of hydrogen-bond donors (Lipinski definition) is 2. The molecular formula is C21H27F3N2O4. The van der Waals surface area contributed by atoms with Gasteiger partial charge >= 0.3 is 12.1 Å². The number of rotatable bonds is 4. The number of piperidine rings is 1. The normalized spacial score (nSPS) is 18.2. The van der Waals surface area contributed by atoms with E-state index >= 15 is 0 Å². The molecule has 0 radical (unpaired) electrons. The van der Waals surface area contributed by atoms with Gasteiger partial charge in [-0.1, -0.05) is 18.2 Å². The second-order valence-electron chi connectivity index (χ2n) is 7.33. The Hall–Kier alpha value is -2.39. The molecule has 0 aromatic heterocycles. The minimum Gasteiger partial charge on any atom is -0.475 e. The van der Waals surface area contributed by atoms with Gasteiger partial charge < -0.3 is 15.7 Å². The maximum Gasteiger partial charge on any atom is 0.490 e. The number of primary amides is 1. The molecule has 0 saturated carbocycles. The number of halogens is 3. The Morgan fingerprint density at radius 1 is 1.20 bits per heavy atom. The molecule has 0 spiro atoms. The van der Waals surface area contributed by atoms with Crippen molar-refractivity contribution in [2.75, 3.05) is 20.2 Å². The molecule has 2 aliphatic rings. The molecule has 1 aliphatic carbocycles. The summed E-state index contributed by atoms with van der Waals surface area (Å²) in [4.78, 5) is 26.0. The molecule has 1 aromatic rings. The number of carbonyl (C=O) groups is 2. The highest BCUT2D eigenvalue weighted by Gasteiger charge is 2.38. The molecule has 6 nitrogen and oxygen atoms in total. The lowest BCUT2D eigenvalue weighted by molar-refractivity contribution is -0.192. The summed E-state index contributed by atoms with van der Waals surface area (Å²) in [6.07, 6.45) is 3.95. The lowest BCUT2D eigenvalue weighted by atomic mass is 9.84. The van der Waals surface area contributed by atoms with E-state index in [1.165, 1.54) is 24.0 Å². The van der Waals surface area contributed by atoms with Crippen molar-refractivity contribution in [2.24, 2.45) is 5.73 Å². The third-order valence-electron chi connectivity index (χ3n) is 5.37. The third kappa shape index (κ3) is 6.56. The quantitative estimate of drug-likeness (QED) is 0.753. The molecule has 3 N–H and O–H groups in total. The van der Waals surface area contributed by atoms with E-state index in [-0.39, 0.29) is 5.91 Å². The lowest BCUT2D eigenvalue weighted by Gasteiger charge is -2.30. The molecule has 1 saturated heterocycles. The van der Waals surface area contributed by atoms with Crippen molar-refractivity contribution in [3.63, 3.8) is 0 Å². The van der Waals surface area contributed by atoms with Crippen LogP contribution in [0.2, 0.25) is 0 Å². The van der Waals surface area contributed by atoms with E-state index < -0.39 is 12.1 Å². The number of carbonyl (C=O) groups excluding carboxylic acids is 1. The van der Waals surface area contributed by atoms with Crippen LogP contribution in [-0.4, -0.2) is 48.4 Å². The standard InChI is InChI=1S/C19H26N2O2.C2HF3O2/c1-23-21-11-9-14(10-12-21)16-7-8-17(19(20)22)18(13-16)15-5-3-2-4-6-15;3-2(4,5)1(6)7/h5,7-8,13-14H,2-4,6,9-12H2,1H3,(H2,20,22);(H,6,7). The van der Waals surface area contributed by atoms with E-state index in [0.717, 1.165) is 44.3 Å². The van der Waals surface area contributed by atoms with Crippen LogP contribution in [0.5, 0.6) is 0 Å². The van der Waals surface area contributed by atoms with Gasteiger partial charge in [0.2, 0.25) is 5.91 Å². The Morgan fingerprint density at radius 2 is 1.83 bits per heavy atom. The van der Waals surface area contributed by atoms with Gasteiger partial charge in [-0.25, -0.2) is 4.79 Å². The minimum absolute atomic E-state index is 0.327. The third-order valence-corrected chi connectivity index (χ3v) is 5.37. The summed E-state index contributed by atoms with van der Waals surface area (Å²) < 4.78 is 31.7. The molecule has 166 valence electrons. The summed E-state index contributed by atoms with van der Waals surface area (Å²) in [7, 11) is 1.73. The maximum absolute atomic E-state index is 11.8. The zero-order valence-corrected chi connectivity index (χ0v) is 16.9. The molecule has 1 aromatic carbocycles. The molecule has 0 atom stereocenters. The van der Waals surface area contributed by atoms with E-state index in [0.29, 0.717) is 11.5 Å². The van der Waals surface area contributed by atoms with Crippen molar-refractivity contribution in [3.8, 4) is 0 Å². The van der Waals surface area contributed by atoms with Crippen molar-refractivity contribution in [1.82, 2.24) is 5.06 Å². The number of carboxylic acids is 1. The first kappa shape index (κ1) is 23.9. The highest BCUT2D eigenvalue weighted by Crippen LogP contribution is 2.34. The van der Waals surface area contributed by atoms with Crippen LogP contribution in [0.15, 0.2) is 24.3 Å². The number of alkyl halides is 3. The van der Waals surface area contributed by atoms with Crippen molar-refractivity contribution in [3.05, 3.63) is 41.0 Å². The molecule has 30 heavy (non-hydrogen) atoms. The number of hydroxylamine groups is 2. The van der Waals surface area contributed by atoms with Crippen LogP contribution >= 0.6 is 0 Å². The van der Waals surface area contributed by atoms with Crippen molar-refractivity contribution >= 4 is 17.4 Å². The average Bonchev–Trinajstić information content (AvgIpc) is 2.73. The summed E-state index contributed by atoms with van der Waals surface area (Å²) >= 11 is 0. The van der Waals surface area contributed by atoms with Crippen LogP contribution in [0.3, 0.4) is 0 Å². The zero-order valence-electron chi connectivity index (χ0n) is 16.9. The van der Waals surface area contributed by atoms with Gasteiger partial charge in [0.1, 0.15) is 0 Å². The number of amides is 1. The molecule has 0 bridgehead atoms. The van der Waals surface area contributed by atoms with Gasteiger partial charge in [0.05, 0.1) is 7.11 Å². The number of aliphatic carboxylic acids is 1. The van der Waals surface area contributed by atoms with E-state index in [1.54, 1.807) is 7.11 Å². The first-order valence-electron chi connectivity index (χ1n) is 9.85. The van der Waals surface area contributed by atoms with E-state index in [4.69, 9.17) is 20.5 Å². The van der Waals surface area contributed by atoms with Gasteiger partial charge in [-0.2, -0.15) is 18.2 Å². The van der Waals surface area contributed by atoms with Gasteiger partial charge in [-0.05, 0) is 67.2 Å². The first-order chi connectivity index (χ1) is 14.1. The number of allylic oxidation sites excluding steroid dienone is 2. The van der Waals surface area contributed by atoms with Crippen LogP contribution in [0.1, 0.15) is 65.9 Å². The number of nitrogens with zero attached hydrogens (tertiary/aromatic N) is 1. The SMILES string of the molecule is CON1CCC(c2ccc(C(N)=O)c(C3=CCCCC3)c2)CC1.O=C(O)C(F)(F)F. The fourth-order valence-electron chi connectivity index (χ4n) is 3.75. The number of carboxylic acid groups (broad SMARTS) is 1. The Kier molecular flexibility index (Phi) is 8.43. The smallest absolute Gasteiger partial charge is 0.475 e. The largest absolute Gasteiger partial charge is 0.490 e. The van der Waals surface area contributed by atoms with Crippen molar-refractivity contribution < 1.29 is 32.7 Å². The molecule has 1 amide bonds. The Balaban J connectivity index is 0.000000396. The van der Waals surface area contributed by atoms with Crippen LogP contribution < -0.4 is 5.73 Å². The van der Waals surface area contributed by atoms with Gasteiger partial charge in [0.25, 0.3) is 0 Å². The average molecular weight is 428 g/mol. The van der Waals surface area contributed by atoms with E-state index in [2.05, 4.69) is 18.2 Å². The lowest BCUT2D eigenvalue weighted by Crippen LogP contribution is -2.32. The van der Waals surface area contributed by atoms with Crippen LogP contribution in [0.4, 0.5) is 13.2 Å². The van der Waals surface area contributed by atoms with Crippen LogP contribution in [0.25, 0.3) is 5.57 Å². The van der Waals surface area contributed by atoms with Crippen LogP contribution in [0, 0.1) is 0 Å². The zero-order chi connectivity index (χ0) is 22.3. The second-order valence-corrected chi connectivity index (χ2v) is 7.33. The van der Waals surface area contributed by atoms with E-state index in [9.17, 15) is 18.0 Å². The maximum atomic E-state index is 11.8. The van der Waals surface area contributed by atoms with E-state index in [1.807, 2.05) is 11.1 Å². The summed E-state index contributed by atoms with van der Waals surface area (Å²) in [6.45, 7) is 1.91. The van der Waals surface area contributed by atoms with Gasteiger partial charge in [-0.15, -0.1) is 0 Å². The van der Waals surface area contributed by atoms with Crippen molar-refractivity contribution in [1.29, 1.82) is 0 Å². The molecule has 9 heteroatoms. The number of benzene rings is 1. The predicted octanol–water partition coefficient (Wildman–Crippen LogP) is 4.12. The Morgan fingerprint density at radius 3 is 2.30 bits per heavy atom. The van der Waals surface area contributed by atoms with Crippen molar-refractivity contribution in [2.45, 2.75) is 50.6 Å². The van der Waals surface area contributed by atoms with Crippen LogP contribution in [-0.2, 0) is 9.63 Å². The molecule has 1 heterocycles. The Bertz CT molecular complexity index is 785. The molecular weight excluding hydrogens is 401 g/mol. The fraction of sp³-hybridized carbons (Fsp3) is 0.524. The monoisotopic (exact) mass is 428 g/mol. The second kappa shape index (κ2) is 10.6. The fourth-order valence-corrected chi connectivity index (χ4v) is 3.75. The van der Waals surface area contributed by atoms with Gasteiger partial charge in [0.15, 0.2) is 0 Å². The number of nitrogens with two attached hydrogens (primary N) is 1. The molecule has 1 fully saturated rings. The summed E-state index contributed by atoms with van der Waals surface area (Å²) in [5, 5.41) is 9.14. The molecule has 3 rings (SSSR count). The summed E-state index contributed by atoms with van der Waals surface area (Å²) in [6, 6.07) is 6.22. The highest BCUT2D eigenvalue weighted by molar-refractivity contribution is 5.98. The van der Waals surface area contributed by atoms with Gasteiger partial charge in [-0.3, -0.25) is 4.79 Å². The predicted molar refractivity (Wildman–Crippen MR) is 106 cm³/mol. The molecule has 1 aliphatic heterocycles. The highest BCUT2D eigenvalue weighted by atomic mass is 19.4. The molecule has 0 unspecified atom stereocenters. The minimum atomic E-state index is -5.08. The topological polar surface area (TPSA) is 92.9 Å². The summed E-state index contributed by atoms with van der Waals surface area (Å²) in [5.74, 6) is -2.55. The Labute approximate surface area is 173 Å². The number of hydrogen-bond acceptors (Lipinski definition) is 4. The first-order valence-corrected chi connectivity index (χ1v) is 9.85. The van der Waals surface area contributed by atoms with Gasteiger partial charge in [0, 0.05) is 18.7 Å². The summed E-state index contributed by atoms with van der Waals surface area (Å²) in [5.41, 5.74) is 9.94.